The average Bonchev–Trinajstić information content (AvgIpc) is 2.78. The number of hydrogen-bond donors (Lipinski definition) is 2. The molecule has 0 spiro atoms. The van der Waals surface area contributed by atoms with Crippen LogP contribution in [0.4, 0.5) is 5.69 Å². The van der Waals surface area contributed by atoms with Gasteiger partial charge in [0.2, 0.25) is 5.91 Å². The number of nitrogens with zero attached hydrogens (tertiary/aromatic N) is 1. The van der Waals surface area contributed by atoms with E-state index in [0.29, 0.717) is 13.2 Å². The molecule has 1 heterocycles. The van der Waals surface area contributed by atoms with E-state index in [9.17, 15) is 9.59 Å². The van der Waals surface area contributed by atoms with Crippen molar-refractivity contribution in [2.24, 2.45) is 0 Å². The third-order valence-electron chi connectivity index (χ3n) is 5.92. The van der Waals surface area contributed by atoms with Crippen LogP contribution < -0.4 is 15.1 Å². The van der Waals surface area contributed by atoms with Crippen molar-refractivity contribution in [3.05, 3.63) is 65.2 Å². The summed E-state index contributed by atoms with van der Waals surface area (Å²) >= 11 is 0. The lowest BCUT2D eigenvalue weighted by molar-refractivity contribution is -0.945. The SMILES string of the molecule is CCOC(=O)CCC(=O)NC[C@@H](c1ccc(N(C)C)cc1)[NH+]1CCc2ccccc2C1. The molecular formula is C25H34N3O3+. The average molecular weight is 425 g/mol. The van der Waals surface area contributed by atoms with Crippen LogP contribution in [0, 0.1) is 0 Å². The molecule has 166 valence electrons. The first-order chi connectivity index (χ1) is 15.0. The highest BCUT2D eigenvalue weighted by atomic mass is 16.5. The highest BCUT2D eigenvalue weighted by Gasteiger charge is 2.29. The molecule has 0 bridgehead atoms. The van der Waals surface area contributed by atoms with Crippen LogP contribution in [0.1, 0.15) is 42.5 Å². The number of nitrogens with one attached hydrogen (secondary N) is 2. The molecule has 6 heteroatoms. The Bertz CT molecular complexity index is 880. The fraction of sp³-hybridized carbons (Fsp3) is 0.440. The smallest absolute Gasteiger partial charge is 0.306 e. The number of carbonyl (C=O) groups excluding carboxylic acids is 2. The first-order valence-corrected chi connectivity index (χ1v) is 11.1. The minimum Gasteiger partial charge on any atom is -0.466 e. The van der Waals surface area contributed by atoms with Crippen molar-refractivity contribution in [3.8, 4) is 0 Å². The summed E-state index contributed by atoms with van der Waals surface area (Å²) in [5.74, 6) is -0.438. The van der Waals surface area contributed by atoms with E-state index >= 15 is 0 Å². The molecular weight excluding hydrogens is 390 g/mol. The van der Waals surface area contributed by atoms with E-state index in [0.717, 1.165) is 25.2 Å². The topological polar surface area (TPSA) is 63.1 Å². The molecule has 0 aliphatic carbocycles. The van der Waals surface area contributed by atoms with Crippen LogP contribution in [0.2, 0.25) is 0 Å². The van der Waals surface area contributed by atoms with Gasteiger partial charge in [0.1, 0.15) is 12.6 Å². The summed E-state index contributed by atoms with van der Waals surface area (Å²) in [6.07, 6.45) is 1.31. The molecule has 0 radical (unpaired) electrons. The Morgan fingerprint density at radius 2 is 1.77 bits per heavy atom. The highest BCUT2D eigenvalue weighted by Crippen LogP contribution is 2.18. The maximum Gasteiger partial charge on any atom is 0.306 e. The van der Waals surface area contributed by atoms with Gasteiger partial charge in [0, 0.05) is 43.8 Å². The second kappa shape index (κ2) is 11.0. The molecule has 31 heavy (non-hydrogen) atoms. The molecule has 0 aromatic heterocycles. The highest BCUT2D eigenvalue weighted by molar-refractivity contribution is 5.81. The van der Waals surface area contributed by atoms with Crippen LogP contribution >= 0.6 is 0 Å². The Kier molecular flexibility index (Phi) is 8.06. The molecule has 0 fully saturated rings. The molecule has 0 saturated carbocycles. The van der Waals surface area contributed by atoms with Crippen molar-refractivity contribution < 1.29 is 19.2 Å². The first kappa shape index (κ1) is 22.8. The molecule has 0 saturated heterocycles. The summed E-state index contributed by atoms with van der Waals surface area (Å²) in [7, 11) is 4.06. The van der Waals surface area contributed by atoms with Gasteiger partial charge < -0.3 is 19.9 Å². The second-order valence-corrected chi connectivity index (χ2v) is 8.25. The van der Waals surface area contributed by atoms with E-state index in [1.54, 1.807) is 6.92 Å². The monoisotopic (exact) mass is 424 g/mol. The zero-order valence-electron chi connectivity index (χ0n) is 18.8. The van der Waals surface area contributed by atoms with Crippen LogP contribution in [0.15, 0.2) is 48.5 Å². The van der Waals surface area contributed by atoms with E-state index in [4.69, 9.17) is 4.74 Å². The van der Waals surface area contributed by atoms with Crippen LogP contribution in [-0.4, -0.2) is 45.7 Å². The van der Waals surface area contributed by atoms with Crippen molar-refractivity contribution in [2.75, 3.05) is 38.7 Å². The molecule has 2 atom stereocenters. The van der Waals surface area contributed by atoms with Crippen LogP contribution in [-0.2, 0) is 27.3 Å². The van der Waals surface area contributed by atoms with Crippen molar-refractivity contribution in [1.29, 1.82) is 0 Å². The number of anilines is 1. The van der Waals surface area contributed by atoms with Crippen LogP contribution in [0.5, 0.6) is 0 Å². The minimum absolute atomic E-state index is 0.111. The van der Waals surface area contributed by atoms with Crippen molar-refractivity contribution >= 4 is 17.6 Å². The number of esters is 1. The third kappa shape index (κ3) is 6.31. The van der Waals surface area contributed by atoms with E-state index < -0.39 is 0 Å². The van der Waals surface area contributed by atoms with E-state index in [1.165, 1.54) is 21.6 Å². The van der Waals surface area contributed by atoms with Gasteiger partial charge >= 0.3 is 5.97 Å². The van der Waals surface area contributed by atoms with Crippen molar-refractivity contribution in [2.45, 2.75) is 38.8 Å². The summed E-state index contributed by atoms with van der Waals surface area (Å²) in [6.45, 7) is 4.61. The molecule has 2 aromatic rings. The van der Waals surface area contributed by atoms with Gasteiger partial charge in [0.15, 0.2) is 0 Å². The Balaban J connectivity index is 1.70. The lowest BCUT2D eigenvalue weighted by atomic mass is 9.96. The molecule has 1 amide bonds. The van der Waals surface area contributed by atoms with Gasteiger partial charge in [0.05, 0.1) is 26.1 Å². The molecule has 1 aliphatic heterocycles. The molecule has 3 rings (SSSR count). The fourth-order valence-corrected chi connectivity index (χ4v) is 4.16. The number of ether oxygens (including phenoxy) is 1. The maximum absolute atomic E-state index is 12.4. The zero-order valence-corrected chi connectivity index (χ0v) is 18.8. The molecule has 6 nitrogen and oxygen atoms in total. The van der Waals surface area contributed by atoms with Gasteiger partial charge in [-0.3, -0.25) is 9.59 Å². The van der Waals surface area contributed by atoms with Crippen LogP contribution in [0.25, 0.3) is 0 Å². The van der Waals surface area contributed by atoms with Gasteiger partial charge in [-0.15, -0.1) is 0 Å². The number of carbonyl (C=O) groups is 2. The predicted octanol–water partition coefficient (Wildman–Crippen LogP) is 1.89. The zero-order chi connectivity index (χ0) is 22.2. The lowest BCUT2D eigenvalue weighted by Crippen LogP contribution is -3.12. The molecule has 1 aliphatic rings. The van der Waals surface area contributed by atoms with E-state index in [-0.39, 0.29) is 30.8 Å². The Hall–Kier alpha value is -2.86. The number of fused-ring (bicyclic) bond motifs is 1. The normalized spacial score (nSPS) is 16.2. The number of hydrogen-bond acceptors (Lipinski definition) is 4. The van der Waals surface area contributed by atoms with Gasteiger partial charge in [-0.2, -0.15) is 0 Å². The Morgan fingerprint density at radius 3 is 2.45 bits per heavy atom. The van der Waals surface area contributed by atoms with Gasteiger partial charge in [-0.1, -0.05) is 36.4 Å². The van der Waals surface area contributed by atoms with Crippen LogP contribution in [0.3, 0.4) is 0 Å². The number of rotatable bonds is 9. The minimum atomic E-state index is -0.327. The van der Waals surface area contributed by atoms with Crippen molar-refractivity contribution in [3.63, 3.8) is 0 Å². The summed E-state index contributed by atoms with van der Waals surface area (Å²) in [5.41, 5.74) is 5.17. The quantitative estimate of drug-likeness (QED) is 0.604. The summed E-state index contributed by atoms with van der Waals surface area (Å²) < 4.78 is 4.92. The summed E-state index contributed by atoms with van der Waals surface area (Å²) in [6, 6.07) is 17.4. The Labute approximate surface area is 185 Å². The standard InChI is InChI=1S/C25H33N3O3/c1-4-31-25(30)14-13-24(29)26-17-23(20-9-11-22(12-10-20)27(2)3)28-16-15-19-7-5-6-8-21(19)18-28/h5-12,23H,4,13-18H2,1-3H3,(H,26,29)/p+1/t23-/m0/s1. The van der Waals surface area contributed by atoms with Gasteiger partial charge in [-0.05, 0) is 24.6 Å². The second-order valence-electron chi connectivity index (χ2n) is 8.25. The van der Waals surface area contributed by atoms with E-state index in [1.807, 2.05) is 14.1 Å². The number of amides is 1. The largest absolute Gasteiger partial charge is 0.466 e. The van der Waals surface area contributed by atoms with E-state index in [2.05, 4.69) is 58.7 Å². The third-order valence-corrected chi connectivity index (χ3v) is 5.92. The molecule has 2 N–H and O–H groups in total. The van der Waals surface area contributed by atoms with Crippen molar-refractivity contribution in [1.82, 2.24) is 5.32 Å². The summed E-state index contributed by atoms with van der Waals surface area (Å²) in [4.78, 5) is 27.5. The molecule has 2 aromatic carbocycles. The fourth-order valence-electron chi connectivity index (χ4n) is 4.16. The predicted molar refractivity (Wildman–Crippen MR) is 122 cm³/mol. The number of benzene rings is 2. The maximum atomic E-state index is 12.4. The number of quaternary nitrogens is 1. The first-order valence-electron chi connectivity index (χ1n) is 11.1. The Morgan fingerprint density at radius 1 is 1.06 bits per heavy atom. The lowest BCUT2D eigenvalue weighted by Gasteiger charge is -2.33. The summed E-state index contributed by atoms with van der Waals surface area (Å²) in [5, 5.41) is 3.06. The molecule has 1 unspecified atom stereocenters. The van der Waals surface area contributed by atoms with Gasteiger partial charge in [0.25, 0.3) is 0 Å². The van der Waals surface area contributed by atoms with Gasteiger partial charge in [-0.25, -0.2) is 0 Å².